The molecule has 2 aromatic rings. The number of nitriles is 1. The first-order chi connectivity index (χ1) is 11.9. The Hall–Kier alpha value is -3.01. The van der Waals surface area contributed by atoms with Crippen molar-refractivity contribution >= 4 is 34.5 Å². The molecule has 0 aliphatic heterocycles. The van der Waals surface area contributed by atoms with Gasteiger partial charge in [-0.2, -0.15) is 5.26 Å². The van der Waals surface area contributed by atoms with Crippen molar-refractivity contribution in [2.75, 3.05) is 10.6 Å². The summed E-state index contributed by atoms with van der Waals surface area (Å²) in [6, 6.07) is 7.03. The van der Waals surface area contributed by atoms with Crippen LogP contribution in [-0.4, -0.2) is 21.8 Å². The first-order valence-electron chi connectivity index (χ1n) is 8.26. The van der Waals surface area contributed by atoms with Crippen LogP contribution in [0.5, 0.6) is 0 Å². The molecule has 0 spiro atoms. The van der Waals surface area contributed by atoms with Crippen LogP contribution in [0.2, 0.25) is 0 Å². The number of pyridine rings is 2. The molecule has 0 fully saturated rings. The van der Waals surface area contributed by atoms with E-state index in [9.17, 15) is 14.9 Å². The molecule has 0 radical (unpaired) electrons. The Morgan fingerprint density at radius 1 is 0.962 bits per heavy atom. The summed E-state index contributed by atoms with van der Waals surface area (Å²) in [5, 5.41) is 15.4. The molecule has 0 saturated heterocycles. The number of aromatic nitrogens is 2. The van der Waals surface area contributed by atoms with Gasteiger partial charge in [-0.3, -0.25) is 9.59 Å². The third-order valence-electron chi connectivity index (χ3n) is 3.63. The number of rotatable bonds is 2. The molecule has 2 rings (SSSR count). The highest BCUT2D eigenvalue weighted by Crippen LogP contribution is 2.24. The first kappa shape index (κ1) is 19.3. The Morgan fingerprint density at radius 3 is 2.08 bits per heavy atom. The van der Waals surface area contributed by atoms with Gasteiger partial charge in [0.25, 0.3) is 0 Å². The quantitative estimate of drug-likeness (QED) is 0.859. The monoisotopic (exact) mass is 353 g/mol. The SMILES string of the molecule is CC(C)(C)C(=O)Nc1ccc2cc(C#N)c(NC(=O)C(C)(C)C)nc2n1. The highest BCUT2D eigenvalue weighted by atomic mass is 16.2. The maximum Gasteiger partial charge on any atom is 0.230 e. The predicted molar refractivity (Wildman–Crippen MR) is 100 cm³/mol. The number of hydrogen-bond acceptors (Lipinski definition) is 5. The fourth-order valence-electron chi connectivity index (χ4n) is 1.90. The van der Waals surface area contributed by atoms with Crippen LogP contribution in [0.4, 0.5) is 11.6 Å². The number of hydrogen-bond donors (Lipinski definition) is 2. The Balaban J connectivity index is 2.43. The molecular formula is C19H23N5O2. The lowest BCUT2D eigenvalue weighted by Crippen LogP contribution is -2.28. The van der Waals surface area contributed by atoms with Crippen molar-refractivity contribution in [1.82, 2.24) is 9.97 Å². The molecule has 136 valence electrons. The van der Waals surface area contributed by atoms with Crippen molar-refractivity contribution in [3.05, 3.63) is 23.8 Å². The largest absolute Gasteiger partial charge is 0.310 e. The lowest BCUT2D eigenvalue weighted by Gasteiger charge is -2.18. The normalized spacial score (nSPS) is 11.7. The molecule has 2 heterocycles. The molecule has 0 aromatic carbocycles. The first-order valence-corrected chi connectivity index (χ1v) is 8.26. The fraction of sp³-hybridized carbons (Fsp3) is 0.421. The maximum atomic E-state index is 12.2. The van der Waals surface area contributed by atoms with E-state index < -0.39 is 10.8 Å². The van der Waals surface area contributed by atoms with Crippen molar-refractivity contribution in [3.63, 3.8) is 0 Å². The molecule has 0 aliphatic rings. The third-order valence-corrected chi connectivity index (χ3v) is 3.63. The van der Waals surface area contributed by atoms with Gasteiger partial charge in [0.1, 0.15) is 11.9 Å². The van der Waals surface area contributed by atoms with Crippen LogP contribution in [0.1, 0.15) is 47.1 Å². The minimum atomic E-state index is -0.626. The summed E-state index contributed by atoms with van der Waals surface area (Å²) in [7, 11) is 0. The fourth-order valence-corrected chi connectivity index (χ4v) is 1.90. The lowest BCUT2D eigenvalue weighted by atomic mass is 9.95. The molecule has 0 atom stereocenters. The van der Waals surface area contributed by atoms with Crippen LogP contribution in [0, 0.1) is 22.2 Å². The molecule has 7 nitrogen and oxygen atoms in total. The highest BCUT2D eigenvalue weighted by Gasteiger charge is 2.24. The molecule has 0 saturated carbocycles. The molecule has 0 bridgehead atoms. The van der Waals surface area contributed by atoms with E-state index in [1.807, 2.05) is 6.07 Å². The summed E-state index contributed by atoms with van der Waals surface area (Å²) in [6.07, 6.45) is 0. The summed E-state index contributed by atoms with van der Waals surface area (Å²) in [4.78, 5) is 33.0. The molecule has 7 heteroatoms. The number of anilines is 2. The second-order valence-electron chi connectivity index (χ2n) is 8.15. The second-order valence-corrected chi connectivity index (χ2v) is 8.15. The van der Waals surface area contributed by atoms with E-state index in [0.29, 0.717) is 16.9 Å². The number of carbonyl (C=O) groups is 2. The van der Waals surface area contributed by atoms with Gasteiger partial charge < -0.3 is 10.6 Å². The van der Waals surface area contributed by atoms with Crippen LogP contribution >= 0.6 is 0 Å². The number of nitrogens with zero attached hydrogens (tertiary/aromatic N) is 3. The van der Waals surface area contributed by atoms with Gasteiger partial charge in [0.15, 0.2) is 11.5 Å². The number of amides is 2. The molecule has 26 heavy (non-hydrogen) atoms. The summed E-state index contributed by atoms with van der Waals surface area (Å²) < 4.78 is 0. The van der Waals surface area contributed by atoms with Gasteiger partial charge in [-0.1, -0.05) is 41.5 Å². The van der Waals surface area contributed by atoms with E-state index in [1.54, 1.807) is 59.7 Å². The Morgan fingerprint density at radius 2 is 1.54 bits per heavy atom. The standard InChI is InChI=1S/C19H23N5O2/c1-18(2,3)16(25)22-13-8-7-11-9-12(10-20)15(23-14(11)21-13)24-17(26)19(4,5)6/h7-9H,1-6H3,(H2,21,22,23,24,25,26). The van der Waals surface area contributed by atoms with Crippen molar-refractivity contribution in [2.24, 2.45) is 10.8 Å². The lowest BCUT2D eigenvalue weighted by molar-refractivity contribution is -0.123. The molecule has 0 aliphatic carbocycles. The molecule has 2 aromatic heterocycles. The number of carbonyl (C=O) groups excluding carboxylic acids is 2. The van der Waals surface area contributed by atoms with Crippen molar-refractivity contribution < 1.29 is 9.59 Å². The van der Waals surface area contributed by atoms with Crippen molar-refractivity contribution in [1.29, 1.82) is 5.26 Å². The van der Waals surface area contributed by atoms with E-state index in [-0.39, 0.29) is 23.2 Å². The van der Waals surface area contributed by atoms with Gasteiger partial charge in [0.2, 0.25) is 11.8 Å². The Bertz CT molecular complexity index is 914. The maximum absolute atomic E-state index is 12.2. The van der Waals surface area contributed by atoms with Gasteiger partial charge in [-0.25, -0.2) is 9.97 Å². The zero-order chi connectivity index (χ0) is 19.7. The Kier molecular flexibility index (Phi) is 4.99. The summed E-state index contributed by atoms with van der Waals surface area (Å²) in [5.41, 5.74) is -0.594. The van der Waals surface area contributed by atoms with Gasteiger partial charge in [-0.15, -0.1) is 0 Å². The van der Waals surface area contributed by atoms with Gasteiger partial charge in [0.05, 0.1) is 5.56 Å². The van der Waals surface area contributed by atoms with Crippen LogP contribution < -0.4 is 10.6 Å². The van der Waals surface area contributed by atoms with Crippen molar-refractivity contribution in [3.8, 4) is 6.07 Å². The second kappa shape index (κ2) is 6.71. The minimum Gasteiger partial charge on any atom is -0.310 e. The van der Waals surface area contributed by atoms with E-state index >= 15 is 0 Å². The predicted octanol–water partition coefficient (Wildman–Crippen LogP) is 3.47. The average Bonchev–Trinajstić information content (AvgIpc) is 2.52. The summed E-state index contributed by atoms with van der Waals surface area (Å²) in [5.74, 6) is 0.103. The van der Waals surface area contributed by atoms with Gasteiger partial charge >= 0.3 is 0 Å². The van der Waals surface area contributed by atoms with Crippen LogP contribution in [0.15, 0.2) is 18.2 Å². The average molecular weight is 353 g/mol. The zero-order valence-corrected chi connectivity index (χ0v) is 15.9. The zero-order valence-electron chi connectivity index (χ0n) is 15.9. The van der Waals surface area contributed by atoms with Crippen LogP contribution in [0.3, 0.4) is 0 Å². The van der Waals surface area contributed by atoms with E-state index in [0.717, 1.165) is 0 Å². The number of fused-ring (bicyclic) bond motifs is 1. The summed E-state index contributed by atoms with van der Waals surface area (Å²) in [6.45, 7) is 10.7. The van der Waals surface area contributed by atoms with E-state index in [4.69, 9.17) is 0 Å². The van der Waals surface area contributed by atoms with Crippen LogP contribution in [0.25, 0.3) is 11.0 Å². The van der Waals surface area contributed by atoms with Crippen LogP contribution in [-0.2, 0) is 9.59 Å². The van der Waals surface area contributed by atoms with E-state index in [2.05, 4.69) is 20.6 Å². The smallest absolute Gasteiger partial charge is 0.230 e. The third kappa shape index (κ3) is 4.33. The minimum absolute atomic E-state index is 0.159. The van der Waals surface area contributed by atoms with Gasteiger partial charge in [-0.05, 0) is 18.2 Å². The molecular weight excluding hydrogens is 330 g/mol. The topological polar surface area (TPSA) is 108 Å². The molecule has 0 unspecified atom stereocenters. The summed E-state index contributed by atoms with van der Waals surface area (Å²) >= 11 is 0. The number of nitrogens with one attached hydrogen (secondary N) is 2. The Labute approximate surface area is 152 Å². The van der Waals surface area contributed by atoms with E-state index in [1.165, 1.54) is 0 Å². The molecule has 2 N–H and O–H groups in total. The van der Waals surface area contributed by atoms with Gasteiger partial charge in [0, 0.05) is 16.2 Å². The highest BCUT2D eigenvalue weighted by molar-refractivity contribution is 5.97. The molecule has 2 amide bonds. The van der Waals surface area contributed by atoms with Crippen molar-refractivity contribution in [2.45, 2.75) is 41.5 Å².